The van der Waals surface area contributed by atoms with Crippen molar-refractivity contribution >= 4 is 17.5 Å². The minimum atomic E-state index is -0.549. The second-order valence-electron chi connectivity index (χ2n) is 6.49. The number of hydrogen-bond acceptors (Lipinski definition) is 3. The third-order valence-corrected chi connectivity index (χ3v) is 4.74. The van der Waals surface area contributed by atoms with Crippen molar-refractivity contribution in [2.45, 2.75) is 38.7 Å². The number of carbonyl (C=O) groups is 1. The lowest BCUT2D eigenvalue weighted by Gasteiger charge is -2.19. The molecule has 1 unspecified atom stereocenters. The second kappa shape index (κ2) is 8.95. The largest absolute Gasteiger partial charge is 0.492 e. The molecule has 4 nitrogen and oxygen atoms in total. The summed E-state index contributed by atoms with van der Waals surface area (Å²) in [7, 11) is 0. The molecule has 2 aromatic rings. The smallest absolute Gasteiger partial charge is 0.260 e. The van der Waals surface area contributed by atoms with Gasteiger partial charge in [0.05, 0.1) is 6.54 Å². The van der Waals surface area contributed by atoms with E-state index in [2.05, 4.69) is 17.4 Å². The quantitative estimate of drug-likeness (QED) is 0.740. The van der Waals surface area contributed by atoms with Gasteiger partial charge in [-0.3, -0.25) is 4.79 Å². The maximum atomic E-state index is 12.2. The Labute approximate surface area is 159 Å². The number of hydrogen-bond donors (Lipinski definition) is 1. The Bertz CT molecular complexity index is 745. The van der Waals surface area contributed by atoms with Gasteiger partial charge in [-0.25, -0.2) is 0 Å². The van der Waals surface area contributed by atoms with E-state index in [9.17, 15) is 4.79 Å². The maximum absolute atomic E-state index is 12.2. The van der Waals surface area contributed by atoms with Gasteiger partial charge in [0.15, 0.2) is 6.10 Å². The van der Waals surface area contributed by atoms with Crippen LogP contribution in [-0.4, -0.2) is 25.2 Å². The first kappa shape index (κ1) is 18.6. The van der Waals surface area contributed by atoms with Crippen molar-refractivity contribution in [2.75, 3.05) is 13.2 Å². The van der Waals surface area contributed by atoms with Crippen LogP contribution < -0.4 is 14.8 Å². The predicted octanol–water partition coefficient (Wildman–Crippen LogP) is 4.18. The highest BCUT2D eigenvalue weighted by Gasteiger charge is 2.16. The van der Waals surface area contributed by atoms with Crippen molar-refractivity contribution in [2.24, 2.45) is 0 Å². The Kier molecular flexibility index (Phi) is 6.40. The van der Waals surface area contributed by atoms with E-state index in [-0.39, 0.29) is 5.91 Å². The van der Waals surface area contributed by atoms with Crippen LogP contribution in [0.25, 0.3) is 0 Å². The molecule has 5 heteroatoms. The summed E-state index contributed by atoms with van der Waals surface area (Å²) in [5, 5.41) is 3.50. The molecule has 3 rings (SSSR count). The summed E-state index contributed by atoms with van der Waals surface area (Å²) in [6, 6.07) is 13.3. The van der Waals surface area contributed by atoms with Gasteiger partial charge in [-0.2, -0.15) is 0 Å². The van der Waals surface area contributed by atoms with Crippen LogP contribution in [0.5, 0.6) is 11.5 Å². The fourth-order valence-corrected chi connectivity index (χ4v) is 3.18. The number of rotatable bonds is 7. The molecule has 0 spiro atoms. The average Bonchev–Trinajstić information content (AvgIpc) is 2.66. The number of halogens is 1. The first-order valence-corrected chi connectivity index (χ1v) is 9.44. The summed E-state index contributed by atoms with van der Waals surface area (Å²) in [6.07, 6.45) is 4.16. The number of carbonyl (C=O) groups excluding carboxylic acids is 1. The predicted molar refractivity (Wildman–Crippen MR) is 103 cm³/mol. The number of amides is 1. The van der Waals surface area contributed by atoms with Gasteiger partial charge in [-0.1, -0.05) is 17.7 Å². The molecular formula is C21H24ClNO3. The zero-order valence-electron chi connectivity index (χ0n) is 15.0. The summed E-state index contributed by atoms with van der Waals surface area (Å²) in [4.78, 5) is 12.2. The van der Waals surface area contributed by atoms with Gasteiger partial charge in [-0.05, 0) is 80.1 Å². The van der Waals surface area contributed by atoms with Crippen LogP contribution in [0.15, 0.2) is 42.5 Å². The molecule has 1 aliphatic carbocycles. The van der Waals surface area contributed by atoms with Gasteiger partial charge in [-0.15, -0.1) is 0 Å². The summed E-state index contributed by atoms with van der Waals surface area (Å²) in [5.74, 6) is 1.33. The molecule has 0 bridgehead atoms. The van der Waals surface area contributed by atoms with E-state index >= 15 is 0 Å². The van der Waals surface area contributed by atoms with Gasteiger partial charge in [0.1, 0.15) is 18.1 Å². The molecule has 1 atom stereocenters. The number of nitrogens with one attached hydrogen (secondary N) is 1. The van der Waals surface area contributed by atoms with Crippen LogP contribution in [0.1, 0.15) is 30.9 Å². The van der Waals surface area contributed by atoms with E-state index in [0.717, 1.165) is 24.3 Å². The molecule has 0 heterocycles. The first-order valence-electron chi connectivity index (χ1n) is 9.06. The Hall–Kier alpha value is -2.20. The van der Waals surface area contributed by atoms with Crippen molar-refractivity contribution in [3.8, 4) is 11.5 Å². The minimum Gasteiger partial charge on any atom is -0.492 e. The maximum Gasteiger partial charge on any atom is 0.260 e. The van der Waals surface area contributed by atoms with Crippen LogP contribution in [0, 0.1) is 0 Å². The molecule has 0 saturated carbocycles. The molecular weight excluding hydrogens is 350 g/mol. The molecule has 138 valence electrons. The summed E-state index contributed by atoms with van der Waals surface area (Å²) in [5.41, 5.74) is 2.75. The highest BCUT2D eigenvalue weighted by Crippen LogP contribution is 2.25. The van der Waals surface area contributed by atoms with E-state index in [1.807, 2.05) is 6.07 Å². The van der Waals surface area contributed by atoms with Crippen molar-refractivity contribution in [3.05, 3.63) is 58.6 Å². The van der Waals surface area contributed by atoms with Crippen LogP contribution in [-0.2, 0) is 17.6 Å². The van der Waals surface area contributed by atoms with Crippen LogP contribution in [0.2, 0.25) is 5.02 Å². The molecule has 0 saturated heterocycles. The highest BCUT2D eigenvalue weighted by molar-refractivity contribution is 6.30. The molecule has 0 radical (unpaired) electrons. The van der Waals surface area contributed by atoms with Crippen molar-refractivity contribution < 1.29 is 14.3 Å². The molecule has 1 amide bonds. The molecule has 0 fully saturated rings. The lowest BCUT2D eigenvalue weighted by atomic mass is 9.92. The molecule has 2 aromatic carbocycles. The minimum absolute atomic E-state index is 0.151. The third kappa shape index (κ3) is 5.15. The first-order chi connectivity index (χ1) is 12.6. The van der Waals surface area contributed by atoms with Gasteiger partial charge in [0.25, 0.3) is 5.91 Å². The Morgan fingerprint density at radius 2 is 1.77 bits per heavy atom. The average molecular weight is 374 g/mol. The van der Waals surface area contributed by atoms with Gasteiger partial charge >= 0.3 is 0 Å². The number of fused-ring (bicyclic) bond motifs is 1. The highest BCUT2D eigenvalue weighted by atomic mass is 35.5. The van der Waals surface area contributed by atoms with Gasteiger partial charge in [0.2, 0.25) is 0 Å². The number of aryl methyl sites for hydroxylation is 2. The molecule has 0 aliphatic heterocycles. The topological polar surface area (TPSA) is 47.6 Å². The van der Waals surface area contributed by atoms with Crippen molar-refractivity contribution in [3.63, 3.8) is 0 Å². The summed E-state index contributed by atoms with van der Waals surface area (Å²) < 4.78 is 11.4. The second-order valence-corrected chi connectivity index (χ2v) is 6.93. The normalized spacial score (nSPS) is 14.2. The fourth-order valence-electron chi connectivity index (χ4n) is 3.06. The van der Waals surface area contributed by atoms with Crippen molar-refractivity contribution in [1.29, 1.82) is 0 Å². The van der Waals surface area contributed by atoms with E-state index in [1.54, 1.807) is 31.2 Å². The zero-order chi connectivity index (χ0) is 18.4. The number of benzene rings is 2. The summed E-state index contributed by atoms with van der Waals surface area (Å²) in [6.45, 7) is 2.56. The van der Waals surface area contributed by atoms with Crippen LogP contribution >= 0.6 is 11.6 Å². The lowest BCUT2D eigenvalue weighted by Crippen LogP contribution is -2.38. The zero-order valence-corrected chi connectivity index (χ0v) is 15.7. The molecule has 0 aromatic heterocycles. The van der Waals surface area contributed by atoms with Crippen LogP contribution in [0.3, 0.4) is 0 Å². The Balaban J connectivity index is 1.42. The fraction of sp³-hybridized carbons (Fsp3) is 0.381. The summed E-state index contributed by atoms with van der Waals surface area (Å²) >= 11 is 5.83. The lowest BCUT2D eigenvalue weighted by molar-refractivity contribution is -0.127. The van der Waals surface area contributed by atoms with E-state index in [1.165, 1.54) is 24.0 Å². The van der Waals surface area contributed by atoms with E-state index < -0.39 is 6.10 Å². The number of ether oxygens (including phenoxy) is 2. The van der Waals surface area contributed by atoms with E-state index in [0.29, 0.717) is 18.2 Å². The van der Waals surface area contributed by atoms with Gasteiger partial charge < -0.3 is 14.8 Å². The molecule has 26 heavy (non-hydrogen) atoms. The Morgan fingerprint density at radius 3 is 2.54 bits per heavy atom. The Morgan fingerprint density at radius 1 is 1.08 bits per heavy atom. The van der Waals surface area contributed by atoms with Gasteiger partial charge in [0, 0.05) is 5.02 Å². The molecule has 1 aliphatic rings. The SMILES string of the molecule is CC(Oc1ccc2c(c1)CCCC2)C(=O)NCCOc1ccc(Cl)cc1. The standard InChI is InChI=1S/C21H24ClNO3/c1-15(26-20-9-6-16-4-2-3-5-17(16)14-20)21(24)23-12-13-25-19-10-7-18(22)8-11-19/h6-11,14-15H,2-5,12-13H2,1H3,(H,23,24). The molecule has 1 N–H and O–H groups in total. The monoisotopic (exact) mass is 373 g/mol. The van der Waals surface area contributed by atoms with Crippen LogP contribution in [0.4, 0.5) is 0 Å². The third-order valence-electron chi connectivity index (χ3n) is 4.49. The van der Waals surface area contributed by atoms with E-state index in [4.69, 9.17) is 21.1 Å². The van der Waals surface area contributed by atoms with Crippen molar-refractivity contribution in [1.82, 2.24) is 5.32 Å².